The van der Waals surface area contributed by atoms with E-state index in [9.17, 15) is 0 Å². The van der Waals surface area contributed by atoms with Gasteiger partial charge in [-0.2, -0.15) is 0 Å². The summed E-state index contributed by atoms with van der Waals surface area (Å²) in [7, 11) is 0. The molecule has 0 bridgehead atoms. The normalized spacial score (nSPS) is 16.6. The van der Waals surface area contributed by atoms with Crippen LogP contribution in [0.1, 0.15) is 118 Å². The van der Waals surface area contributed by atoms with Crippen molar-refractivity contribution >= 4 is 0 Å². The molecule has 1 saturated heterocycles. The van der Waals surface area contributed by atoms with Gasteiger partial charge in [0, 0.05) is 5.41 Å². The second-order valence-corrected chi connectivity index (χ2v) is 9.67. The fourth-order valence-electron chi connectivity index (χ4n) is 5.65. The molecule has 234 valence electrons. The summed E-state index contributed by atoms with van der Waals surface area (Å²) in [5, 5.41) is 0. The van der Waals surface area contributed by atoms with Gasteiger partial charge in [-0.15, -0.1) is 0 Å². The van der Waals surface area contributed by atoms with Gasteiger partial charge in [0.1, 0.15) is 24.2 Å². The number of benzene rings is 3. The summed E-state index contributed by atoms with van der Waals surface area (Å²) >= 11 is 0. The van der Waals surface area contributed by atoms with Gasteiger partial charge < -0.3 is 14.2 Å². The van der Waals surface area contributed by atoms with E-state index in [1.165, 1.54) is 48.8 Å². The third-order valence-electron chi connectivity index (χ3n) is 7.38. The molecule has 1 heterocycles. The molecule has 42 heavy (non-hydrogen) atoms. The molecule has 3 aromatic rings. The highest BCUT2D eigenvalue weighted by Gasteiger charge is 2.43. The molecule has 5 rings (SSSR count). The summed E-state index contributed by atoms with van der Waals surface area (Å²) in [5.41, 5.74) is 3.84. The van der Waals surface area contributed by atoms with Crippen molar-refractivity contribution in [2.45, 2.75) is 112 Å². The van der Waals surface area contributed by atoms with Crippen LogP contribution in [0.3, 0.4) is 0 Å². The topological polar surface area (TPSA) is 31.0 Å². The first kappa shape index (κ1) is 37.2. The number of ether oxygens (including phenoxy) is 3. The first-order chi connectivity index (χ1) is 20.8. The monoisotopic (exact) mass is 576 g/mol. The van der Waals surface area contributed by atoms with Crippen molar-refractivity contribution in [1.29, 1.82) is 0 Å². The first-order valence-corrected chi connectivity index (χ1v) is 16.9. The average molecular weight is 577 g/mol. The smallest absolute Gasteiger partial charge is 0.119 e. The van der Waals surface area contributed by atoms with Crippen LogP contribution in [0.4, 0.5) is 0 Å². The fourth-order valence-corrected chi connectivity index (χ4v) is 5.65. The molecule has 0 N–H and O–H groups in total. The summed E-state index contributed by atoms with van der Waals surface area (Å²) < 4.78 is 17.2. The maximum atomic E-state index is 5.97. The van der Waals surface area contributed by atoms with Crippen LogP contribution in [0.25, 0.3) is 0 Å². The Bertz CT molecular complexity index is 1020. The van der Waals surface area contributed by atoms with Gasteiger partial charge in [0.05, 0.1) is 13.2 Å². The third-order valence-corrected chi connectivity index (χ3v) is 7.38. The minimum absolute atomic E-state index is 0.205. The molecule has 2 fully saturated rings. The Morgan fingerprint density at radius 3 is 1.52 bits per heavy atom. The molecule has 1 aliphatic carbocycles. The van der Waals surface area contributed by atoms with Crippen molar-refractivity contribution in [1.82, 2.24) is 0 Å². The first-order valence-electron chi connectivity index (χ1n) is 16.9. The Labute approximate surface area is 259 Å². The second-order valence-electron chi connectivity index (χ2n) is 9.67. The lowest BCUT2D eigenvalue weighted by molar-refractivity contribution is 0.261. The van der Waals surface area contributed by atoms with Gasteiger partial charge in [-0.1, -0.05) is 136 Å². The number of rotatable bonds is 10. The average Bonchev–Trinajstić information content (AvgIpc) is 3.94. The second kappa shape index (κ2) is 21.9. The Morgan fingerprint density at radius 1 is 0.619 bits per heavy atom. The molecule has 2 aliphatic rings. The van der Waals surface area contributed by atoms with Crippen molar-refractivity contribution in [3.8, 4) is 11.5 Å². The molecule has 1 aliphatic heterocycles. The molecule has 2 atom stereocenters. The van der Waals surface area contributed by atoms with Gasteiger partial charge in [0.2, 0.25) is 0 Å². The van der Waals surface area contributed by atoms with E-state index in [1.54, 1.807) is 0 Å². The molecule has 3 heteroatoms. The lowest BCUT2D eigenvalue weighted by Gasteiger charge is -2.44. The van der Waals surface area contributed by atoms with Crippen molar-refractivity contribution < 1.29 is 14.2 Å². The summed E-state index contributed by atoms with van der Waals surface area (Å²) in [4.78, 5) is 0. The molecular formula is C39H60O3. The highest BCUT2D eigenvalue weighted by Crippen LogP contribution is 2.50. The molecule has 0 spiro atoms. The van der Waals surface area contributed by atoms with Crippen LogP contribution in [-0.4, -0.2) is 25.9 Å². The van der Waals surface area contributed by atoms with E-state index in [0.717, 1.165) is 31.1 Å². The molecular weight excluding hydrogens is 516 g/mol. The zero-order valence-electron chi connectivity index (χ0n) is 28.2. The zero-order chi connectivity index (χ0) is 31.2. The van der Waals surface area contributed by atoms with Crippen LogP contribution < -0.4 is 9.47 Å². The quantitative estimate of drug-likeness (QED) is 0.178. The minimum Gasteiger partial charge on any atom is -0.494 e. The van der Waals surface area contributed by atoms with Gasteiger partial charge in [-0.3, -0.25) is 0 Å². The van der Waals surface area contributed by atoms with E-state index < -0.39 is 0 Å². The Kier molecular flexibility index (Phi) is 19.4. The summed E-state index contributed by atoms with van der Waals surface area (Å²) in [5.74, 6) is 2.40. The van der Waals surface area contributed by atoms with Gasteiger partial charge in [0.25, 0.3) is 0 Å². The molecule has 0 amide bonds. The van der Waals surface area contributed by atoms with Crippen molar-refractivity contribution in [3.63, 3.8) is 0 Å². The van der Waals surface area contributed by atoms with Crippen LogP contribution in [0, 0.1) is 5.92 Å². The van der Waals surface area contributed by atoms with E-state index in [0.29, 0.717) is 12.5 Å². The van der Waals surface area contributed by atoms with Crippen LogP contribution >= 0.6 is 0 Å². The predicted molar refractivity (Wildman–Crippen MR) is 182 cm³/mol. The fraction of sp³-hybridized carbons (Fsp3) is 0.538. The lowest BCUT2D eigenvalue weighted by atomic mass is 9.58. The van der Waals surface area contributed by atoms with Crippen LogP contribution in [0.2, 0.25) is 0 Å². The summed E-state index contributed by atoms with van der Waals surface area (Å²) in [6.45, 7) is 20.3. The van der Waals surface area contributed by atoms with Crippen LogP contribution in [-0.2, 0) is 10.2 Å². The highest BCUT2D eigenvalue weighted by molar-refractivity contribution is 5.53. The molecule has 0 radical (unpaired) electrons. The molecule has 3 nitrogen and oxygen atoms in total. The zero-order valence-corrected chi connectivity index (χ0v) is 28.2. The van der Waals surface area contributed by atoms with Crippen LogP contribution in [0.15, 0.2) is 78.9 Å². The van der Waals surface area contributed by atoms with Crippen molar-refractivity contribution in [2.75, 3.05) is 19.8 Å². The van der Waals surface area contributed by atoms with E-state index >= 15 is 0 Å². The largest absolute Gasteiger partial charge is 0.494 e. The summed E-state index contributed by atoms with van der Waals surface area (Å²) in [6.07, 6.45) is 7.67. The number of epoxide rings is 1. The lowest BCUT2D eigenvalue weighted by Crippen LogP contribution is -2.39. The predicted octanol–water partition coefficient (Wildman–Crippen LogP) is 11.3. The van der Waals surface area contributed by atoms with Gasteiger partial charge in [0.15, 0.2) is 0 Å². The molecule has 1 saturated carbocycles. The van der Waals surface area contributed by atoms with Gasteiger partial charge in [-0.25, -0.2) is 0 Å². The Hall–Kier alpha value is -2.78. The van der Waals surface area contributed by atoms with Crippen LogP contribution in [0.5, 0.6) is 11.5 Å². The SMILES string of the molecule is CC.CC.CC.CC.CCCOc1ccc(C(c2ccccc2)(c2ccc(OCC3CO3)cc2)C2CCCCC2)cc1. The maximum absolute atomic E-state index is 5.97. The minimum atomic E-state index is -0.205. The van der Waals surface area contributed by atoms with Gasteiger partial charge >= 0.3 is 0 Å². The van der Waals surface area contributed by atoms with E-state index in [4.69, 9.17) is 14.2 Å². The maximum Gasteiger partial charge on any atom is 0.119 e. The Morgan fingerprint density at radius 2 is 1.07 bits per heavy atom. The van der Waals surface area contributed by atoms with E-state index in [2.05, 4.69) is 85.8 Å². The van der Waals surface area contributed by atoms with Gasteiger partial charge in [-0.05, 0) is 66.1 Å². The number of hydrogen-bond acceptors (Lipinski definition) is 3. The Balaban J connectivity index is 0.00000102. The van der Waals surface area contributed by atoms with E-state index in [-0.39, 0.29) is 11.5 Å². The number of hydrogen-bond donors (Lipinski definition) is 0. The third kappa shape index (κ3) is 10.2. The summed E-state index contributed by atoms with van der Waals surface area (Å²) in [6, 6.07) is 28.8. The molecule has 3 aromatic carbocycles. The standard InChI is InChI=1S/C31H36O3.4C2H6/c1-2-21-32-28-17-13-26(14-18-28)31(24-9-5-3-6-10-24,25-11-7-4-8-12-25)27-15-19-29(20-16-27)33-22-30-23-34-30;4*1-2/h3,5-6,9-10,13-20,25,30H,2,4,7-8,11-12,21-23H2,1H3;4*1-2H3. The van der Waals surface area contributed by atoms with Crippen molar-refractivity contribution in [3.05, 3.63) is 95.6 Å². The van der Waals surface area contributed by atoms with E-state index in [1.807, 2.05) is 55.4 Å². The molecule has 0 aromatic heterocycles. The molecule has 2 unspecified atom stereocenters. The van der Waals surface area contributed by atoms with Crippen molar-refractivity contribution in [2.24, 2.45) is 5.92 Å². The highest BCUT2D eigenvalue weighted by atomic mass is 16.6.